The Morgan fingerprint density at radius 3 is 2.50 bits per heavy atom. The van der Waals surface area contributed by atoms with Crippen LogP contribution in [0.15, 0.2) is 18.2 Å². The molecule has 0 aromatic heterocycles. The number of primary amides is 1. The fraction of sp³-hybridized carbons (Fsp3) is 0.438. The summed E-state index contributed by atoms with van der Waals surface area (Å²) in [6.45, 7) is -0.324. The molecule has 1 aliphatic rings. The molecule has 130 valence electrons. The Kier molecular flexibility index (Phi) is 5.28. The average Bonchev–Trinajstić information content (AvgIpc) is 2.48. The number of carbonyl (C=O) groups is 3. The summed E-state index contributed by atoms with van der Waals surface area (Å²) >= 11 is 0. The van der Waals surface area contributed by atoms with Crippen molar-refractivity contribution in [3.63, 3.8) is 0 Å². The van der Waals surface area contributed by atoms with Crippen LogP contribution in [0.25, 0.3) is 0 Å². The maximum Gasteiger partial charge on any atom is 0.310 e. The van der Waals surface area contributed by atoms with Crippen molar-refractivity contribution < 1.29 is 29.0 Å². The van der Waals surface area contributed by atoms with Crippen molar-refractivity contribution in [2.75, 3.05) is 19.0 Å². The van der Waals surface area contributed by atoms with Gasteiger partial charge in [-0.25, -0.2) is 0 Å². The third-order valence-electron chi connectivity index (χ3n) is 4.08. The number of carboxylic acid groups (broad SMARTS) is 1. The van der Waals surface area contributed by atoms with Gasteiger partial charge in [-0.1, -0.05) is 6.42 Å². The summed E-state index contributed by atoms with van der Waals surface area (Å²) in [5.74, 6) is -1.33. The molecule has 2 amide bonds. The molecule has 0 spiro atoms. The monoisotopic (exact) mass is 336 g/mol. The molecule has 1 aliphatic carbocycles. The van der Waals surface area contributed by atoms with Gasteiger partial charge in [0.25, 0.3) is 5.91 Å². The highest BCUT2D eigenvalue weighted by atomic mass is 16.5. The number of anilines is 1. The van der Waals surface area contributed by atoms with Crippen LogP contribution in [-0.4, -0.2) is 36.6 Å². The first-order chi connectivity index (χ1) is 11.4. The van der Waals surface area contributed by atoms with Gasteiger partial charge >= 0.3 is 5.97 Å². The molecule has 1 saturated carbocycles. The van der Waals surface area contributed by atoms with E-state index in [9.17, 15) is 19.5 Å². The molecule has 4 N–H and O–H groups in total. The summed E-state index contributed by atoms with van der Waals surface area (Å²) in [5, 5.41) is 11.9. The predicted molar refractivity (Wildman–Crippen MR) is 84.8 cm³/mol. The summed E-state index contributed by atoms with van der Waals surface area (Å²) < 4.78 is 10.3. The number of aliphatic carboxylic acids is 1. The Bertz CT molecular complexity index is 654. The molecule has 24 heavy (non-hydrogen) atoms. The number of benzene rings is 1. The van der Waals surface area contributed by atoms with Crippen molar-refractivity contribution in [1.29, 1.82) is 0 Å². The Morgan fingerprint density at radius 2 is 2.00 bits per heavy atom. The molecule has 2 rings (SSSR count). The second kappa shape index (κ2) is 7.20. The quantitative estimate of drug-likeness (QED) is 0.653. The van der Waals surface area contributed by atoms with E-state index in [1.807, 2.05) is 0 Å². The highest BCUT2D eigenvalue weighted by Crippen LogP contribution is 2.44. The topological polar surface area (TPSA) is 128 Å². The molecule has 0 radical (unpaired) electrons. The zero-order chi connectivity index (χ0) is 17.7. The number of hydrogen-bond acceptors (Lipinski definition) is 5. The molecule has 0 saturated heterocycles. The van der Waals surface area contributed by atoms with Gasteiger partial charge in [0.15, 0.2) is 18.1 Å². The summed E-state index contributed by atoms with van der Waals surface area (Å²) in [5.41, 5.74) is 4.50. The van der Waals surface area contributed by atoms with E-state index in [-0.39, 0.29) is 24.7 Å². The lowest BCUT2D eigenvalue weighted by Crippen LogP contribution is -2.41. The van der Waals surface area contributed by atoms with Crippen LogP contribution >= 0.6 is 0 Å². The second-order valence-corrected chi connectivity index (χ2v) is 5.78. The number of methoxy groups -OCH3 is 1. The molecule has 0 unspecified atom stereocenters. The number of nitrogens with one attached hydrogen (secondary N) is 1. The Balaban J connectivity index is 2.06. The summed E-state index contributed by atoms with van der Waals surface area (Å²) in [7, 11) is 1.44. The first-order valence-electron chi connectivity index (χ1n) is 7.49. The SMILES string of the molecule is COc1ccc(NC(=O)CC2(C(=O)O)CCC2)cc1OCC(N)=O. The lowest BCUT2D eigenvalue weighted by atomic mass is 9.66. The van der Waals surface area contributed by atoms with Crippen LogP contribution in [0.3, 0.4) is 0 Å². The van der Waals surface area contributed by atoms with Gasteiger partial charge in [0.1, 0.15) is 0 Å². The number of carboxylic acids is 1. The van der Waals surface area contributed by atoms with Crippen LogP contribution in [0.2, 0.25) is 0 Å². The van der Waals surface area contributed by atoms with Crippen molar-refractivity contribution >= 4 is 23.5 Å². The van der Waals surface area contributed by atoms with Crippen LogP contribution in [0.4, 0.5) is 5.69 Å². The van der Waals surface area contributed by atoms with Crippen LogP contribution in [0.5, 0.6) is 11.5 Å². The minimum atomic E-state index is -0.956. The summed E-state index contributed by atoms with van der Waals surface area (Å²) in [6.07, 6.45) is 1.75. The minimum absolute atomic E-state index is 0.0775. The smallest absolute Gasteiger partial charge is 0.310 e. The van der Waals surface area contributed by atoms with E-state index in [4.69, 9.17) is 15.2 Å². The van der Waals surface area contributed by atoms with Crippen molar-refractivity contribution in [1.82, 2.24) is 0 Å². The van der Waals surface area contributed by atoms with E-state index in [1.54, 1.807) is 12.1 Å². The predicted octanol–water partition coefficient (Wildman–Crippen LogP) is 1.14. The first kappa shape index (κ1) is 17.6. The molecule has 1 aromatic rings. The number of amides is 2. The Labute approximate surface area is 138 Å². The van der Waals surface area contributed by atoms with Crippen LogP contribution < -0.4 is 20.5 Å². The highest BCUT2D eigenvalue weighted by Gasteiger charge is 2.45. The molecule has 1 fully saturated rings. The summed E-state index contributed by atoms with van der Waals surface area (Å²) in [6, 6.07) is 4.66. The number of hydrogen-bond donors (Lipinski definition) is 3. The number of rotatable bonds is 8. The first-order valence-corrected chi connectivity index (χ1v) is 7.49. The largest absolute Gasteiger partial charge is 0.493 e. The van der Waals surface area contributed by atoms with Gasteiger partial charge in [0.2, 0.25) is 5.91 Å². The number of carbonyl (C=O) groups excluding carboxylic acids is 2. The molecule has 0 bridgehead atoms. The van der Waals surface area contributed by atoms with E-state index < -0.39 is 17.3 Å². The van der Waals surface area contributed by atoms with Gasteiger partial charge < -0.3 is 25.6 Å². The van der Waals surface area contributed by atoms with Crippen molar-refractivity contribution in [3.05, 3.63) is 18.2 Å². The van der Waals surface area contributed by atoms with E-state index in [0.29, 0.717) is 24.3 Å². The maximum atomic E-state index is 12.1. The molecule has 1 aromatic carbocycles. The minimum Gasteiger partial charge on any atom is -0.493 e. The van der Waals surface area contributed by atoms with E-state index in [1.165, 1.54) is 13.2 Å². The van der Waals surface area contributed by atoms with Crippen LogP contribution in [0, 0.1) is 5.41 Å². The van der Waals surface area contributed by atoms with Crippen LogP contribution in [-0.2, 0) is 14.4 Å². The third kappa shape index (κ3) is 3.95. The van der Waals surface area contributed by atoms with E-state index in [0.717, 1.165) is 6.42 Å². The molecule has 8 heteroatoms. The normalized spacial score (nSPS) is 15.0. The fourth-order valence-electron chi connectivity index (χ4n) is 2.60. The fourth-order valence-corrected chi connectivity index (χ4v) is 2.60. The lowest BCUT2D eigenvalue weighted by molar-refractivity contribution is -0.157. The number of nitrogens with two attached hydrogens (primary N) is 1. The van der Waals surface area contributed by atoms with Gasteiger partial charge in [0, 0.05) is 18.2 Å². The Morgan fingerprint density at radius 1 is 1.29 bits per heavy atom. The van der Waals surface area contributed by atoms with Gasteiger partial charge in [0.05, 0.1) is 12.5 Å². The van der Waals surface area contributed by atoms with Crippen molar-refractivity contribution in [2.24, 2.45) is 11.1 Å². The third-order valence-corrected chi connectivity index (χ3v) is 4.08. The van der Waals surface area contributed by atoms with Crippen molar-refractivity contribution in [3.8, 4) is 11.5 Å². The molecular formula is C16H20N2O6. The zero-order valence-electron chi connectivity index (χ0n) is 13.3. The van der Waals surface area contributed by atoms with Gasteiger partial charge in [-0.15, -0.1) is 0 Å². The van der Waals surface area contributed by atoms with Gasteiger partial charge in [-0.05, 0) is 25.0 Å². The summed E-state index contributed by atoms with van der Waals surface area (Å²) in [4.78, 5) is 34.3. The average molecular weight is 336 g/mol. The Hall–Kier alpha value is -2.77. The van der Waals surface area contributed by atoms with E-state index >= 15 is 0 Å². The molecule has 8 nitrogen and oxygen atoms in total. The van der Waals surface area contributed by atoms with Crippen molar-refractivity contribution in [2.45, 2.75) is 25.7 Å². The lowest BCUT2D eigenvalue weighted by Gasteiger charge is -2.36. The van der Waals surface area contributed by atoms with Crippen LogP contribution in [0.1, 0.15) is 25.7 Å². The molecule has 0 atom stereocenters. The van der Waals surface area contributed by atoms with E-state index in [2.05, 4.69) is 5.32 Å². The number of ether oxygens (including phenoxy) is 2. The maximum absolute atomic E-state index is 12.1. The van der Waals surface area contributed by atoms with Gasteiger partial charge in [-0.2, -0.15) is 0 Å². The zero-order valence-corrected chi connectivity index (χ0v) is 13.3. The molecule has 0 aliphatic heterocycles. The van der Waals surface area contributed by atoms with Gasteiger partial charge in [-0.3, -0.25) is 14.4 Å². The highest BCUT2D eigenvalue weighted by molar-refractivity contribution is 5.94. The molecular weight excluding hydrogens is 316 g/mol. The molecule has 0 heterocycles. The second-order valence-electron chi connectivity index (χ2n) is 5.78. The standard InChI is InChI=1S/C16H20N2O6/c1-23-11-4-3-10(7-12(11)24-9-13(17)19)18-14(20)8-16(15(21)22)5-2-6-16/h3-4,7H,2,5-6,8-9H2,1H3,(H2,17,19)(H,18,20)(H,21,22).